The summed E-state index contributed by atoms with van der Waals surface area (Å²) in [6, 6.07) is 5.32. The van der Waals surface area contributed by atoms with Gasteiger partial charge in [-0.3, -0.25) is 24.6 Å². The van der Waals surface area contributed by atoms with Gasteiger partial charge in [0.05, 0.1) is 0 Å². The van der Waals surface area contributed by atoms with Crippen LogP contribution in [0, 0.1) is 0 Å². The number of anilines is 1. The highest BCUT2D eigenvalue weighted by Gasteiger charge is 2.39. The first-order valence-corrected chi connectivity index (χ1v) is 10.3. The zero-order valence-corrected chi connectivity index (χ0v) is 17.4. The van der Waals surface area contributed by atoms with Gasteiger partial charge in [0, 0.05) is 71.2 Å². The van der Waals surface area contributed by atoms with Crippen LogP contribution in [0.25, 0.3) is 0 Å². The molecular formula is C21H28N4O5. The van der Waals surface area contributed by atoms with Crippen LogP contribution in [0.15, 0.2) is 18.2 Å². The van der Waals surface area contributed by atoms with Gasteiger partial charge in [0.2, 0.25) is 11.8 Å². The van der Waals surface area contributed by atoms with Gasteiger partial charge in [-0.15, -0.1) is 0 Å². The SMILES string of the molecule is COC(CN1CCN(c2ccc3c(c2)CN(C2CCC(=O)NC2=O)C3=O)CC1)OC. The van der Waals surface area contributed by atoms with Crippen LogP contribution in [0.3, 0.4) is 0 Å². The Balaban J connectivity index is 1.40. The molecule has 1 aromatic carbocycles. The van der Waals surface area contributed by atoms with Gasteiger partial charge >= 0.3 is 0 Å². The van der Waals surface area contributed by atoms with Gasteiger partial charge in [-0.2, -0.15) is 0 Å². The summed E-state index contributed by atoms with van der Waals surface area (Å²) in [5.74, 6) is -0.792. The summed E-state index contributed by atoms with van der Waals surface area (Å²) < 4.78 is 10.6. The summed E-state index contributed by atoms with van der Waals surface area (Å²) in [5, 5.41) is 2.34. The molecule has 162 valence electrons. The number of fused-ring (bicyclic) bond motifs is 1. The number of hydrogen-bond acceptors (Lipinski definition) is 7. The Hall–Kier alpha value is -2.49. The summed E-state index contributed by atoms with van der Waals surface area (Å²) in [6.45, 7) is 4.70. The molecule has 0 spiro atoms. The minimum Gasteiger partial charge on any atom is -0.369 e. The third-order valence-electron chi connectivity index (χ3n) is 6.18. The molecule has 3 aliphatic rings. The van der Waals surface area contributed by atoms with Crippen LogP contribution in [0.5, 0.6) is 0 Å². The Kier molecular flexibility index (Phi) is 6.03. The fourth-order valence-corrected chi connectivity index (χ4v) is 4.40. The molecule has 0 bridgehead atoms. The number of nitrogens with one attached hydrogen (secondary N) is 1. The summed E-state index contributed by atoms with van der Waals surface area (Å²) in [4.78, 5) is 42.7. The monoisotopic (exact) mass is 416 g/mol. The van der Waals surface area contributed by atoms with Crippen LogP contribution in [0.4, 0.5) is 5.69 Å². The molecule has 3 aliphatic heterocycles. The number of hydrogen-bond donors (Lipinski definition) is 1. The van der Waals surface area contributed by atoms with E-state index >= 15 is 0 Å². The molecule has 30 heavy (non-hydrogen) atoms. The number of piperidine rings is 1. The molecule has 2 fully saturated rings. The zero-order chi connectivity index (χ0) is 21.3. The quantitative estimate of drug-likeness (QED) is 0.523. The van der Waals surface area contributed by atoms with Crippen molar-refractivity contribution in [3.63, 3.8) is 0 Å². The number of piperazine rings is 1. The Morgan fingerprint density at radius 1 is 1.10 bits per heavy atom. The van der Waals surface area contributed by atoms with E-state index < -0.39 is 6.04 Å². The highest BCUT2D eigenvalue weighted by molar-refractivity contribution is 6.05. The zero-order valence-electron chi connectivity index (χ0n) is 17.4. The molecule has 1 unspecified atom stereocenters. The third kappa shape index (κ3) is 4.05. The van der Waals surface area contributed by atoms with Crippen LogP contribution in [0.1, 0.15) is 28.8 Å². The third-order valence-corrected chi connectivity index (χ3v) is 6.18. The lowest BCUT2D eigenvalue weighted by molar-refractivity contribution is -0.136. The van der Waals surface area contributed by atoms with Gasteiger partial charge < -0.3 is 19.3 Å². The summed E-state index contributed by atoms with van der Waals surface area (Å²) in [7, 11) is 3.29. The van der Waals surface area contributed by atoms with Crippen molar-refractivity contribution < 1.29 is 23.9 Å². The maximum atomic E-state index is 12.8. The topological polar surface area (TPSA) is 91.4 Å². The Morgan fingerprint density at radius 3 is 2.50 bits per heavy atom. The van der Waals surface area contributed by atoms with Gasteiger partial charge in [-0.05, 0) is 30.2 Å². The molecule has 3 amide bonds. The largest absolute Gasteiger partial charge is 0.369 e. The van der Waals surface area contributed by atoms with Crippen molar-refractivity contribution in [3.8, 4) is 0 Å². The molecule has 1 aromatic rings. The highest BCUT2D eigenvalue weighted by Crippen LogP contribution is 2.30. The maximum absolute atomic E-state index is 12.8. The van der Waals surface area contributed by atoms with E-state index in [-0.39, 0.29) is 30.4 Å². The molecule has 0 radical (unpaired) electrons. The van der Waals surface area contributed by atoms with Crippen molar-refractivity contribution in [2.24, 2.45) is 0 Å². The van der Waals surface area contributed by atoms with Crippen LogP contribution < -0.4 is 10.2 Å². The van der Waals surface area contributed by atoms with Crippen molar-refractivity contribution in [2.75, 3.05) is 51.8 Å². The lowest BCUT2D eigenvalue weighted by atomic mass is 10.0. The van der Waals surface area contributed by atoms with E-state index in [0.717, 1.165) is 44.0 Å². The van der Waals surface area contributed by atoms with Crippen molar-refractivity contribution in [3.05, 3.63) is 29.3 Å². The maximum Gasteiger partial charge on any atom is 0.255 e. The average Bonchev–Trinajstić information content (AvgIpc) is 3.08. The van der Waals surface area contributed by atoms with Crippen molar-refractivity contribution in [2.45, 2.75) is 31.7 Å². The van der Waals surface area contributed by atoms with E-state index in [9.17, 15) is 14.4 Å². The van der Waals surface area contributed by atoms with E-state index in [0.29, 0.717) is 18.5 Å². The van der Waals surface area contributed by atoms with Crippen molar-refractivity contribution in [1.82, 2.24) is 15.1 Å². The summed E-state index contributed by atoms with van der Waals surface area (Å²) >= 11 is 0. The lowest BCUT2D eigenvalue weighted by Crippen LogP contribution is -2.52. The van der Waals surface area contributed by atoms with Crippen LogP contribution in [-0.4, -0.2) is 86.8 Å². The highest BCUT2D eigenvalue weighted by atomic mass is 16.7. The molecule has 1 atom stereocenters. The molecule has 1 N–H and O–H groups in total. The Bertz CT molecular complexity index is 833. The molecule has 0 aromatic heterocycles. The number of rotatable bonds is 6. The van der Waals surface area contributed by atoms with Crippen molar-refractivity contribution in [1.29, 1.82) is 0 Å². The standard InChI is InChI=1S/C21H28N4O5/c1-29-19(30-2)13-23-7-9-24(10-8-23)15-3-4-16-14(11-15)12-25(21(16)28)17-5-6-18(26)22-20(17)27/h3-4,11,17,19H,5-10,12-13H2,1-2H3,(H,22,26,27). The predicted molar refractivity (Wildman–Crippen MR) is 109 cm³/mol. The number of imide groups is 1. The molecule has 4 rings (SSSR count). The molecule has 9 heteroatoms. The number of amides is 3. The molecule has 0 aliphatic carbocycles. The summed E-state index contributed by atoms with van der Waals surface area (Å²) in [6.07, 6.45) is 0.420. The van der Waals surface area contributed by atoms with E-state index in [1.807, 2.05) is 12.1 Å². The van der Waals surface area contributed by atoms with Crippen LogP contribution >= 0.6 is 0 Å². The van der Waals surface area contributed by atoms with Crippen LogP contribution in [-0.2, 0) is 25.6 Å². The first-order chi connectivity index (χ1) is 14.5. The number of ether oxygens (including phenoxy) is 2. The molecule has 3 heterocycles. The van der Waals surface area contributed by atoms with E-state index in [2.05, 4.69) is 21.2 Å². The second-order valence-electron chi connectivity index (χ2n) is 7.93. The van der Waals surface area contributed by atoms with Crippen molar-refractivity contribution >= 4 is 23.4 Å². The van der Waals surface area contributed by atoms with Gasteiger partial charge in [0.25, 0.3) is 5.91 Å². The van der Waals surface area contributed by atoms with Gasteiger partial charge in [0.1, 0.15) is 6.04 Å². The number of nitrogens with zero attached hydrogens (tertiary/aromatic N) is 3. The number of carbonyl (C=O) groups excluding carboxylic acids is 3. The van der Waals surface area contributed by atoms with Crippen LogP contribution in [0.2, 0.25) is 0 Å². The Labute approximate surface area is 175 Å². The molecule has 9 nitrogen and oxygen atoms in total. The van der Waals surface area contributed by atoms with E-state index in [1.54, 1.807) is 19.1 Å². The number of methoxy groups -OCH3 is 2. The molecular weight excluding hydrogens is 388 g/mol. The molecule has 2 saturated heterocycles. The fourth-order valence-electron chi connectivity index (χ4n) is 4.40. The average molecular weight is 416 g/mol. The van der Waals surface area contributed by atoms with Gasteiger partial charge in [-0.1, -0.05) is 0 Å². The van der Waals surface area contributed by atoms with Gasteiger partial charge in [-0.25, -0.2) is 0 Å². The Morgan fingerprint density at radius 2 is 1.83 bits per heavy atom. The van der Waals surface area contributed by atoms with E-state index in [4.69, 9.17) is 9.47 Å². The second-order valence-corrected chi connectivity index (χ2v) is 7.93. The smallest absolute Gasteiger partial charge is 0.255 e. The first-order valence-electron chi connectivity index (χ1n) is 10.3. The lowest BCUT2D eigenvalue weighted by Gasteiger charge is -2.37. The number of carbonyl (C=O) groups is 3. The predicted octanol–water partition coefficient (Wildman–Crippen LogP) is 0.189. The number of benzene rings is 1. The fraction of sp³-hybridized carbons (Fsp3) is 0.571. The first kappa shape index (κ1) is 20.8. The summed E-state index contributed by atoms with van der Waals surface area (Å²) in [5.41, 5.74) is 2.66. The van der Waals surface area contributed by atoms with Gasteiger partial charge in [0.15, 0.2) is 6.29 Å². The minimum absolute atomic E-state index is 0.138. The molecule has 0 saturated carbocycles. The normalized spacial score (nSPS) is 22.6. The minimum atomic E-state index is -0.580. The second kappa shape index (κ2) is 8.71. The van der Waals surface area contributed by atoms with E-state index in [1.165, 1.54) is 0 Å².